The van der Waals surface area contributed by atoms with Crippen molar-refractivity contribution < 1.29 is 14.3 Å². The number of anilines is 2. The summed E-state index contributed by atoms with van der Waals surface area (Å²) in [7, 11) is 0. The van der Waals surface area contributed by atoms with Gasteiger partial charge in [-0.2, -0.15) is 0 Å². The van der Waals surface area contributed by atoms with Crippen LogP contribution in [0, 0.1) is 0 Å². The number of nitrogens with one attached hydrogen (secondary N) is 2. The molecule has 1 saturated heterocycles. The number of amides is 1. The quantitative estimate of drug-likeness (QED) is 0.567. The van der Waals surface area contributed by atoms with Crippen molar-refractivity contribution in [3.63, 3.8) is 0 Å². The molecule has 1 aliphatic rings. The molecule has 0 radical (unpaired) electrons. The normalized spacial score (nSPS) is 18.2. The Balaban J connectivity index is 2.09. The minimum Gasteiger partial charge on any atom is -0.462 e. The summed E-state index contributed by atoms with van der Waals surface area (Å²) in [6.07, 6.45) is 1.70. The molecule has 1 atom stereocenters. The monoisotopic (exact) mass is 277 g/mol. The molecule has 4 N–H and O–H groups in total. The maximum Gasteiger partial charge on any atom is 0.338 e. The Hall–Kier alpha value is -2.24. The lowest BCUT2D eigenvalue weighted by Crippen LogP contribution is -2.44. The van der Waals surface area contributed by atoms with E-state index < -0.39 is 5.97 Å². The lowest BCUT2D eigenvalue weighted by molar-refractivity contribution is -0.123. The second kappa shape index (κ2) is 6.27. The zero-order valence-electron chi connectivity index (χ0n) is 11.4. The van der Waals surface area contributed by atoms with Crippen LogP contribution >= 0.6 is 0 Å². The molecule has 1 aliphatic heterocycles. The van der Waals surface area contributed by atoms with Crippen molar-refractivity contribution in [3.8, 4) is 0 Å². The summed E-state index contributed by atoms with van der Waals surface area (Å²) in [6, 6.07) is 4.61. The number of hydrogen-bond donors (Lipinski definition) is 3. The van der Waals surface area contributed by atoms with Crippen molar-refractivity contribution in [3.05, 3.63) is 23.8 Å². The summed E-state index contributed by atoms with van der Waals surface area (Å²) in [5.74, 6) is -0.425. The highest BCUT2D eigenvalue weighted by atomic mass is 16.5. The molecule has 6 nitrogen and oxygen atoms in total. The van der Waals surface area contributed by atoms with Crippen LogP contribution < -0.4 is 16.4 Å². The van der Waals surface area contributed by atoms with Gasteiger partial charge in [0.1, 0.15) is 6.04 Å². The van der Waals surface area contributed by atoms with Crippen LogP contribution in [0.4, 0.5) is 11.4 Å². The second-order valence-electron chi connectivity index (χ2n) is 4.65. The van der Waals surface area contributed by atoms with E-state index in [4.69, 9.17) is 10.5 Å². The Morgan fingerprint density at radius 2 is 2.35 bits per heavy atom. The Morgan fingerprint density at radius 3 is 3.00 bits per heavy atom. The number of rotatable bonds is 4. The molecule has 0 saturated carbocycles. The Labute approximate surface area is 117 Å². The van der Waals surface area contributed by atoms with Crippen LogP contribution in [-0.4, -0.2) is 31.1 Å². The minimum absolute atomic E-state index is 0.0230. The Kier molecular flexibility index (Phi) is 4.45. The first-order chi connectivity index (χ1) is 9.61. The number of piperidine rings is 1. The van der Waals surface area contributed by atoms with Gasteiger partial charge in [-0.1, -0.05) is 0 Å². The minimum atomic E-state index is -0.402. The fourth-order valence-corrected chi connectivity index (χ4v) is 2.13. The summed E-state index contributed by atoms with van der Waals surface area (Å²) in [5.41, 5.74) is 7.40. The van der Waals surface area contributed by atoms with Crippen LogP contribution in [0.3, 0.4) is 0 Å². The first-order valence-corrected chi connectivity index (χ1v) is 6.72. The predicted octanol–water partition coefficient (Wildman–Crippen LogP) is 1.14. The number of carbonyl (C=O) groups is 2. The molecular weight excluding hydrogens is 258 g/mol. The van der Waals surface area contributed by atoms with Crippen molar-refractivity contribution in [2.75, 3.05) is 24.2 Å². The fraction of sp³-hybridized carbons (Fsp3) is 0.429. The third-order valence-electron chi connectivity index (χ3n) is 3.18. The van der Waals surface area contributed by atoms with Crippen molar-refractivity contribution in [2.45, 2.75) is 25.8 Å². The number of carbonyl (C=O) groups excluding carboxylic acids is 2. The first-order valence-electron chi connectivity index (χ1n) is 6.72. The van der Waals surface area contributed by atoms with Crippen LogP contribution in [0.2, 0.25) is 0 Å². The highest BCUT2D eigenvalue weighted by Crippen LogP contribution is 2.22. The van der Waals surface area contributed by atoms with Crippen LogP contribution in [0.5, 0.6) is 0 Å². The van der Waals surface area contributed by atoms with E-state index in [9.17, 15) is 9.59 Å². The number of hydrogen-bond acceptors (Lipinski definition) is 5. The van der Waals surface area contributed by atoms with Gasteiger partial charge in [0.15, 0.2) is 0 Å². The zero-order valence-corrected chi connectivity index (χ0v) is 11.4. The van der Waals surface area contributed by atoms with E-state index in [1.54, 1.807) is 25.1 Å². The van der Waals surface area contributed by atoms with Crippen LogP contribution in [-0.2, 0) is 9.53 Å². The van der Waals surface area contributed by atoms with Crippen molar-refractivity contribution in [2.24, 2.45) is 0 Å². The molecule has 0 bridgehead atoms. The lowest BCUT2D eigenvalue weighted by Gasteiger charge is -2.24. The van der Waals surface area contributed by atoms with Gasteiger partial charge in [-0.05, 0) is 38.0 Å². The van der Waals surface area contributed by atoms with Gasteiger partial charge in [-0.15, -0.1) is 0 Å². The average molecular weight is 277 g/mol. The largest absolute Gasteiger partial charge is 0.462 e. The SMILES string of the molecule is CCOC(=O)c1ccc(NC2CCCNC2=O)c(N)c1. The predicted molar refractivity (Wildman–Crippen MR) is 76.5 cm³/mol. The van der Waals surface area contributed by atoms with Crippen molar-refractivity contribution in [1.82, 2.24) is 5.32 Å². The van der Waals surface area contributed by atoms with E-state index in [-0.39, 0.29) is 11.9 Å². The van der Waals surface area contributed by atoms with Crippen molar-refractivity contribution in [1.29, 1.82) is 0 Å². The summed E-state index contributed by atoms with van der Waals surface area (Å²) in [6.45, 7) is 2.79. The molecule has 1 amide bonds. The van der Waals surface area contributed by atoms with Gasteiger partial charge in [0.05, 0.1) is 23.5 Å². The topological polar surface area (TPSA) is 93.5 Å². The number of ether oxygens (including phenoxy) is 1. The van der Waals surface area contributed by atoms with Crippen LogP contribution in [0.1, 0.15) is 30.1 Å². The van der Waals surface area contributed by atoms with Gasteiger partial charge in [-0.25, -0.2) is 4.79 Å². The highest BCUT2D eigenvalue weighted by molar-refractivity contribution is 5.92. The van der Waals surface area contributed by atoms with E-state index in [0.717, 1.165) is 12.8 Å². The molecule has 0 aliphatic carbocycles. The maximum absolute atomic E-state index is 11.7. The first kappa shape index (κ1) is 14.2. The molecule has 1 aromatic rings. The molecule has 1 aromatic carbocycles. The molecule has 0 spiro atoms. The molecular formula is C14H19N3O3. The van der Waals surface area contributed by atoms with Gasteiger partial charge in [0.2, 0.25) is 5.91 Å². The Morgan fingerprint density at radius 1 is 1.55 bits per heavy atom. The number of nitrogen functional groups attached to an aromatic ring is 1. The van der Waals surface area contributed by atoms with Gasteiger partial charge in [-0.3, -0.25) is 4.79 Å². The number of nitrogens with two attached hydrogens (primary N) is 1. The summed E-state index contributed by atoms with van der Waals surface area (Å²) in [5, 5.41) is 5.91. The molecule has 6 heteroatoms. The highest BCUT2D eigenvalue weighted by Gasteiger charge is 2.22. The number of benzene rings is 1. The molecule has 2 rings (SSSR count). The van der Waals surface area contributed by atoms with Gasteiger partial charge in [0.25, 0.3) is 0 Å². The molecule has 1 heterocycles. The smallest absolute Gasteiger partial charge is 0.338 e. The third kappa shape index (κ3) is 3.20. The van der Waals surface area contributed by atoms with E-state index in [1.807, 2.05) is 0 Å². The van der Waals surface area contributed by atoms with Gasteiger partial charge in [0, 0.05) is 6.54 Å². The maximum atomic E-state index is 11.7. The van der Waals surface area contributed by atoms with E-state index >= 15 is 0 Å². The zero-order chi connectivity index (χ0) is 14.5. The fourth-order valence-electron chi connectivity index (χ4n) is 2.13. The molecule has 20 heavy (non-hydrogen) atoms. The van der Waals surface area contributed by atoms with Crippen LogP contribution in [0.15, 0.2) is 18.2 Å². The summed E-state index contributed by atoms with van der Waals surface area (Å²) in [4.78, 5) is 23.3. The molecule has 1 fully saturated rings. The van der Waals surface area contributed by atoms with Gasteiger partial charge < -0.3 is 21.1 Å². The Bertz CT molecular complexity index is 516. The van der Waals surface area contributed by atoms with Crippen molar-refractivity contribution >= 4 is 23.3 Å². The van der Waals surface area contributed by atoms with E-state index in [2.05, 4.69) is 10.6 Å². The summed E-state index contributed by atoms with van der Waals surface area (Å²) < 4.78 is 4.91. The molecule has 1 unspecified atom stereocenters. The van der Waals surface area contributed by atoms with E-state index in [0.29, 0.717) is 30.1 Å². The lowest BCUT2D eigenvalue weighted by atomic mass is 10.1. The second-order valence-corrected chi connectivity index (χ2v) is 4.65. The third-order valence-corrected chi connectivity index (χ3v) is 3.18. The summed E-state index contributed by atoms with van der Waals surface area (Å²) >= 11 is 0. The van der Waals surface area contributed by atoms with E-state index in [1.165, 1.54) is 0 Å². The molecule has 0 aromatic heterocycles. The molecule has 108 valence electrons. The van der Waals surface area contributed by atoms with Crippen LogP contribution in [0.25, 0.3) is 0 Å². The average Bonchev–Trinajstić information content (AvgIpc) is 2.43. The van der Waals surface area contributed by atoms with Gasteiger partial charge >= 0.3 is 5.97 Å². The standard InChI is InChI=1S/C14H19N3O3/c1-2-20-14(19)9-5-6-11(10(15)8-9)17-12-4-3-7-16-13(12)18/h5-6,8,12,17H,2-4,7,15H2,1H3,(H,16,18). The number of esters is 1.